The number of halogens is 1. The number of rotatable bonds is 7. The number of nitrogens with zero attached hydrogens (tertiary/aromatic N) is 3. The molecule has 5 nitrogen and oxygen atoms in total. The summed E-state index contributed by atoms with van der Waals surface area (Å²) in [6.45, 7) is 12.1. The second kappa shape index (κ2) is 8.12. The molecule has 0 aliphatic carbocycles. The Morgan fingerprint density at radius 2 is 2.10 bits per heavy atom. The zero-order valence-electron chi connectivity index (χ0n) is 12.5. The summed E-state index contributed by atoms with van der Waals surface area (Å²) in [6.07, 6.45) is 1.18. The van der Waals surface area contributed by atoms with Crippen molar-refractivity contribution in [2.24, 2.45) is 0 Å². The molecule has 1 aromatic heterocycles. The Morgan fingerprint density at radius 1 is 1.35 bits per heavy atom. The van der Waals surface area contributed by atoms with Crippen molar-refractivity contribution in [1.82, 2.24) is 20.0 Å². The second-order valence-corrected chi connectivity index (χ2v) is 5.94. The van der Waals surface area contributed by atoms with Gasteiger partial charge in [-0.25, -0.2) is 0 Å². The fourth-order valence-corrected chi connectivity index (χ4v) is 2.92. The lowest BCUT2D eigenvalue weighted by atomic mass is 10.3. The number of aromatic nitrogens is 2. The average Bonchev–Trinajstić information content (AvgIpc) is 2.75. The fourth-order valence-electron chi connectivity index (χ4n) is 2.50. The van der Waals surface area contributed by atoms with Crippen LogP contribution in [-0.4, -0.2) is 54.1 Å². The molecule has 2 rings (SSSR count). The van der Waals surface area contributed by atoms with Crippen LogP contribution in [0.15, 0.2) is 4.47 Å². The number of morpholine rings is 1. The summed E-state index contributed by atoms with van der Waals surface area (Å²) in [5.41, 5.74) is 2.31. The van der Waals surface area contributed by atoms with E-state index in [0.717, 1.165) is 62.6 Å². The van der Waals surface area contributed by atoms with E-state index < -0.39 is 0 Å². The third-order valence-electron chi connectivity index (χ3n) is 3.68. The average molecular weight is 345 g/mol. The first kappa shape index (κ1) is 15.9. The van der Waals surface area contributed by atoms with E-state index >= 15 is 0 Å². The van der Waals surface area contributed by atoms with Gasteiger partial charge in [0.2, 0.25) is 0 Å². The van der Waals surface area contributed by atoms with Crippen LogP contribution in [0, 0.1) is 6.92 Å². The Hall–Kier alpha value is -0.430. The molecule has 0 aromatic carbocycles. The van der Waals surface area contributed by atoms with Crippen LogP contribution in [0.2, 0.25) is 0 Å². The van der Waals surface area contributed by atoms with Crippen molar-refractivity contribution in [3.63, 3.8) is 0 Å². The summed E-state index contributed by atoms with van der Waals surface area (Å²) in [5.74, 6) is 0. The van der Waals surface area contributed by atoms with Crippen LogP contribution in [0.5, 0.6) is 0 Å². The molecule has 1 N–H and O–H groups in total. The van der Waals surface area contributed by atoms with Gasteiger partial charge in [-0.2, -0.15) is 5.10 Å². The molecule has 0 amide bonds. The largest absolute Gasteiger partial charge is 0.379 e. The maximum absolute atomic E-state index is 5.35. The van der Waals surface area contributed by atoms with Crippen LogP contribution in [0.4, 0.5) is 0 Å². The predicted octanol–water partition coefficient (Wildman–Crippen LogP) is 1.79. The van der Waals surface area contributed by atoms with Gasteiger partial charge in [0, 0.05) is 26.2 Å². The van der Waals surface area contributed by atoms with Crippen molar-refractivity contribution in [3.05, 3.63) is 15.9 Å². The summed E-state index contributed by atoms with van der Waals surface area (Å²) in [5, 5.41) is 8.03. The van der Waals surface area contributed by atoms with Gasteiger partial charge in [0.15, 0.2) is 0 Å². The van der Waals surface area contributed by atoms with E-state index in [1.54, 1.807) is 0 Å². The lowest BCUT2D eigenvalue weighted by Gasteiger charge is -2.26. The Balaban J connectivity index is 1.68. The van der Waals surface area contributed by atoms with Crippen LogP contribution >= 0.6 is 15.9 Å². The number of hydrogen-bond donors (Lipinski definition) is 1. The number of hydrogen-bond acceptors (Lipinski definition) is 4. The first-order valence-electron chi connectivity index (χ1n) is 7.45. The molecule has 6 heteroatoms. The first-order chi connectivity index (χ1) is 9.72. The van der Waals surface area contributed by atoms with Crippen molar-refractivity contribution >= 4 is 15.9 Å². The molecular weight excluding hydrogens is 320 g/mol. The smallest absolute Gasteiger partial charge is 0.0739 e. The molecule has 20 heavy (non-hydrogen) atoms. The Bertz CT molecular complexity index is 416. The quantitative estimate of drug-likeness (QED) is 0.765. The molecule has 0 atom stereocenters. The van der Waals surface area contributed by atoms with Crippen molar-refractivity contribution < 1.29 is 4.74 Å². The highest BCUT2D eigenvalue weighted by Crippen LogP contribution is 2.20. The fraction of sp³-hybridized carbons (Fsp3) is 0.786. The first-order valence-corrected chi connectivity index (χ1v) is 8.24. The predicted molar refractivity (Wildman–Crippen MR) is 83.9 cm³/mol. The molecule has 0 spiro atoms. The normalized spacial score (nSPS) is 16.8. The second-order valence-electron chi connectivity index (χ2n) is 5.15. The van der Waals surface area contributed by atoms with Crippen LogP contribution in [-0.2, 0) is 17.8 Å². The molecule has 2 heterocycles. The molecule has 1 aliphatic heterocycles. The van der Waals surface area contributed by atoms with E-state index in [9.17, 15) is 0 Å². The molecule has 0 saturated carbocycles. The summed E-state index contributed by atoms with van der Waals surface area (Å²) in [6, 6.07) is 0. The van der Waals surface area contributed by atoms with E-state index in [1.807, 2.05) is 6.92 Å². The van der Waals surface area contributed by atoms with Gasteiger partial charge in [-0.3, -0.25) is 9.58 Å². The van der Waals surface area contributed by atoms with Crippen molar-refractivity contribution in [2.45, 2.75) is 33.4 Å². The minimum atomic E-state index is 0.873. The number of ether oxygens (including phenoxy) is 1. The maximum Gasteiger partial charge on any atom is 0.0739 e. The van der Waals surface area contributed by atoms with Gasteiger partial charge in [0.25, 0.3) is 0 Å². The van der Waals surface area contributed by atoms with Gasteiger partial charge in [0.1, 0.15) is 0 Å². The van der Waals surface area contributed by atoms with Gasteiger partial charge in [-0.15, -0.1) is 0 Å². The van der Waals surface area contributed by atoms with E-state index in [0.29, 0.717) is 0 Å². The summed E-state index contributed by atoms with van der Waals surface area (Å²) in [7, 11) is 0. The van der Waals surface area contributed by atoms with Gasteiger partial charge in [0.05, 0.1) is 29.1 Å². The van der Waals surface area contributed by atoms with E-state index in [2.05, 4.69) is 42.9 Å². The van der Waals surface area contributed by atoms with Gasteiger partial charge >= 0.3 is 0 Å². The maximum atomic E-state index is 5.35. The lowest BCUT2D eigenvalue weighted by molar-refractivity contribution is 0.0374. The van der Waals surface area contributed by atoms with E-state index in [-0.39, 0.29) is 0 Å². The molecule has 1 saturated heterocycles. The van der Waals surface area contributed by atoms with Crippen molar-refractivity contribution in [2.75, 3.05) is 39.4 Å². The lowest BCUT2D eigenvalue weighted by Crippen LogP contribution is -2.37. The molecule has 0 unspecified atom stereocenters. The van der Waals surface area contributed by atoms with Gasteiger partial charge < -0.3 is 10.1 Å². The molecule has 1 fully saturated rings. The standard InChI is InChI=1S/C14H25BrN4O/c1-3-19-13(14(15)12(2)17-19)11-16-5-4-6-18-7-9-20-10-8-18/h16H,3-11H2,1-2H3. The van der Waals surface area contributed by atoms with E-state index in [1.165, 1.54) is 12.1 Å². The topological polar surface area (TPSA) is 42.3 Å². The summed E-state index contributed by atoms with van der Waals surface area (Å²) < 4.78 is 8.56. The van der Waals surface area contributed by atoms with Crippen molar-refractivity contribution in [3.8, 4) is 0 Å². The number of nitrogens with one attached hydrogen (secondary N) is 1. The van der Waals surface area contributed by atoms with Crippen molar-refractivity contribution in [1.29, 1.82) is 0 Å². The molecule has 1 aromatic rings. The third kappa shape index (κ3) is 4.28. The van der Waals surface area contributed by atoms with Crippen LogP contribution in [0.25, 0.3) is 0 Å². The molecule has 1 aliphatic rings. The number of aryl methyl sites for hydroxylation is 2. The highest BCUT2D eigenvalue weighted by Gasteiger charge is 2.12. The highest BCUT2D eigenvalue weighted by molar-refractivity contribution is 9.10. The molecular formula is C14H25BrN4O. The molecule has 114 valence electrons. The zero-order valence-corrected chi connectivity index (χ0v) is 14.1. The van der Waals surface area contributed by atoms with Crippen LogP contribution < -0.4 is 5.32 Å². The van der Waals surface area contributed by atoms with Crippen LogP contribution in [0.1, 0.15) is 24.7 Å². The van der Waals surface area contributed by atoms with Crippen LogP contribution in [0.3, 0.4) is 0 Å². The summed E-state index contributed by atoms with van der Waals surface area (Å²) >= 11 is 3.63. The molecule has 0 radical (unpaired) electrons. The zero-order chi connectivity index (χ0) is 14.4. The minimum absolute atomic E-state index is 0.873. The Labute approximate surface area is 129 Å². The Morgan fingerprint density at radius 3 is 2.80 bits per heavy atom. The van der Waals surface area contributed by atoms with E-state index in [4.69, 9.17) is 4.74 Å². The minimum Gasteiger partial charge on any atom is -0.379 e. The molecule has 0 bridgehead atoms. The third-order valence-corrected chi connectivity index (χ3v) is 4.71. The SMILES string of the molecule is CCn1nc(C)c(Br)c1CNCCCN1CCOCC1. The summed E-state index contributed by atoms with van der Waals surface area (Å²) in [4.78, 5) is 2.47. The monoisotopic (exact) mass is 344 g/mol. The highest BCUT2D eigenvalue weighted by atomic mass is 79.9. The van der Waals surface area contributed by atoms with Gasteiger partial charge in [-0.1, -0.05) is 0 Å². The van der Waals surface area contributed by atoms with Gasteiger partial charge in [-0.05, 0) is 49.3 Å². The Kier molecular flexibility index (Phi) is 6.48.